The highest BCUT2D eigenvalue weighted by Crippen LogP contribution is 2.20. The molecule has 0 aromatic heterocycles. The molecule has 1 rings (SSSR count). The number of carboxylic acid groups (broad SMARTS) is 1. The van der Waals surface area contributed by atoms with Gasteiger partial charge >= 0.3 is 5.97 Å². The summed E-state index contributed by atoms with van der Waals surface area (Å²) in [5.41, 5.74) is 0. The lowest BCUT2D eigenvalue weighted by atomic mass is 10.1. The van der Waals surface area contributed by atoms with E-state index in [1.807, 2.05) is 13.8 Å². The predicted octanol–water partition coefficient (Wildman–Crippen LogP) is 0.966. The third-order valence-electron chi connectivity index (χ3n) is 2.55. The van der Waals surface area contributed by atoms with Crippen molar-refractivity contribution in [2.45, 2.75) is 26.7 Å². The van der Waals surface area contributed by atoms with E-state index in [0.717, 1.165) is 13.0 Å². The van der Waals surface area contributed by atoms with Crippen LogP contribution in [0.1, 0.15) is 26.7 Å². The monoisotopic (exact) mass is 199 g/mol. The summed E-state index contributed by atoms with van der Waals surface area (Å²) in [4.78, 5) is 23.8. The molecule has 0 spiro atoms. The third kappa shape index (κ3) is 2.72. The molecular formula is C10H17NO3. The van der Waals surface area contributed by atoms with E-state index in [4.69, 9.17) is 5.11 Å². The van der Waals surface area contributed by atoms with E-state index in [1.165, 1.54) is 0 Å². The van der Waals surface area contributed by atoms with Gasteiger partial charge in [0.25, 0.3) is 0 Å². The molecule has 1 aliphatic heterocycles. The van der Waals surface area contributed by atoms with Crippen molar-refractivity contribution in [2.24, 2.45) is 11.8 Å². The zero-order valence-electron chi connectivity index (χ0n) is 8.69. The summed E-state index contributed by atoms with van der Waals surface area (Å²) in [7, 11) is 0. The number of hydrogen-bond acceptors (Lipinski definition) is 2. The number of hydrogen-bond donors (Lipinski definition) is 1. The molecule has 80 valence electrons. The van der Waals surface area contributed by atoms with Crippen LogP contribution < -0.4 is 0 Å². The van der Waals surface area contributed by atoms with E-state index in [-0.39, 0.29) is 24.2 Å². The van der Waals surface area contributed by atoms with Crippen molar-refractivity contribution in [1.29, 1.82) is 0 Å². The summed E-state index contributed by atoms with van der Waals surface area (Å²) in [6, 6.07) is 0. The second-order valence-electron chi connectivity index (χ2n) is 4.19. The number of nitrogens with zero attached hydrogens (tertiary/aromatic N) is 1. The SMILES string of the molecule is CC(C)C(=O)N1CCC(CC(=O)O)C1. The van der Waals surface area contributed by atoms with Gasteiger partial charge in [-0.05, 0) is 12.3 Å². The molecule has 1 aliphatic rings. The van der Waals surface area contributed by atoms with E-state index in [2.05, 4.69) is 0 Å². The van der Waals surface area contributed by atoms with Crippen LogP contribution >= 0.6 is 0 Å². The molecule has 1 unspecified atom stereocenters. The quantitative estimate of drug-likeness (QED) is 0.736. The summed E-state index contributed by atoms with van der Waals surface area (Å²) < 4.78 is 0. The van der Waals surface area contributed by atoms with Crippen molar-refractivity contribution < 1.29 is 14.7 Å². The van der Waals surface area contributed by atoms with Gasteiger partial charge in [-0.2, -0.15) is 0 Å². The first-order chi connectivity index (χ1) is 6.50. The minimum atomic E-state index is -0.770. The van der Waals surface area contributed by atoms with Crippen molar-refractivity contribution in [1.82, 2.24) is 4.90 Å². The lowest BCUT2D eigenvalue weighted by Crippen LogP contribution is -2.32. The van der Waals surface area contributed by atoms with E-state index < -0.39 is 5.97 Å². The molecule has 0 aromatic rings. The minimum absolute atomic E-state index is 0.0126. The van der Waals surface area contributed by atoms with Crippen molar-refractivity contribution >= 4 is 11.9 Å². The Bertz CT molecular complexity index is 238. The van der Waals surface area contributed by atoms with Gasteiger partial charge in [-0.3, -0.25) is 9.59 Å². The molecule has 1 saturated heterocycles. The number of carbonyl (C=O) groups is 2. The van der Waals surface area contributed by atoms with Gasteiger partial charge in [0.15, 0.2) is 0 Å². The van der Waals surface area contributed by atoms with Gasteiger partial charge in [-0.25, -0.2) is 0 Å². The zero-order chi connectivity index (χ0) is 10.7. The standard InChI is InChI=1S/C10H17NO3/c1-7(2)10(14)11-4-3-8(6-11)5-9(12)13/h7-8H,3-6H2,1-2H3,(H,12,13). The average Bonchev–Trinajstić information content (AvgIpc) is 2.50. The maximum atomic E-state index is 11.6. The number of rotatable bonds is 3. The normalized spacial score (nSPS) is 21.6. The molecule has 0 radical (unpaired) electrons. The Hall–Kier alpha value is -1.06. The van der Waals surface area contributed by atoms with Crippen molar-refractivity contribution in [3.63, 3.8) is 0 Å². The van der Waals surface area contributed by atoms with Crippen LogP contribution in [0, 0.1) is 11.8 Å². The molecule has 0 bridgehead atoms. The highest BCUT2D eigenvalue weighted by atomic mass is 16.4. The molecule has 1 atom stereocenters. The lowest BCUT2D eigenvalue weighted by Gasteiger charge is -2.18. The van der Waals surface area contributed by atoms with Crippen molar-refractivity contribution in [3.05, 3.63) is 0 Å². The maximum absolute atomic E-state index is 11.6. The Morgan fingerprint density at radius 2 is 2.14 bits per heavy atom. The summed E-state index contributed by atoms with van der Waals surface area (Å²) in [6.45, 7) is 5.07. The first kappa shape index (κ1) is 11.0. The van der Waals surface area contributed by atoms with Gasteiger partial charge in [0.05, 0.1) is 0 Å². The number of carboxylic acids is 1. The van der Waals surface area contributed by atoms with Crippen molar-refractivity contribution in [2.75, 3.05) is 13.1 Å². The molecule has 4 heteroatoms. The average molecular weight is 199 g/mol. The smallest absolute Gasteiger partial charge is 0.303 e. The Morgan fingerprint density at radius 1 is 1.50 bits per heavy atom. The zero-order valence-corrected chi connectivity index (χ0v) is 8.69. The van der Waals surface area contributed by atoms with Gasteiger partial charge in [0.2, 0.25) is 5.91 Å². The fourth-order valence-electron chi connectivity index (χ4n) is 1.81. The molecule has 1 amide bonds. The fourth-order valence-corrected chi connectivity index (χ4v) is 1.81. The van der Waals surface area contributed by atoms with Crippen LogP contribution in [0.2, 0.25) is 0 Å². The first-order valence-corrected chi connectivity index (χ1v) is 5.01. The van der Waals surface area contributed by atoms with Crippen LogP contribution in [-0.2, 0) is 9.59 Å². The van der Waals surface area contributed by atoms with E-state index in [9.17, 15) is 9.59 Å². The number of aliphatic carboxylic acids is 1. The maximum Gasteiger partial charge on any atom is 0.303 e. The number of amides is 1. The number of carbonyl (C=O) groups excluding carboxylic acids is 1. The predicted molar refractivity (Wildman–Crippen MR) is 51.8 cm³/mol. The first-order valence-electron chi connectivity index (χ1n) is 5.01. The molecule has 1 heterocycles. The van der Waals surface area contributed by atoms with Crippen LogP contribution in [0.5, 0.6) is 0 Å². The van der Waals surface area contributed by atoms with Gasteiger partial charge in [0.1, 0.15) is 0 Å². The van der Waals surface area contributed by atoms with E-state index in [0.29, 0.717) is 6.54 Å². The van der Waals surface area contributed by atoms with Crippen molar-refractivity contribution in [3.8, 4) is 0 Å². The van der Waals surface area contributed by atoms with Gasteiger partial charge in [-0.15, -0.1) is 0 Å². The van der Waals surface area contributed by atoms with Gasteiger partial charge in [0, 0.05) is 25.4 Å². The Balaban J connectivity index is 2.41. The van der Waals surface area contributed by atoms with E-state index >= 15 is 0 Å². The number of likely N-dealkylation sites (tertiary alicyclic amines) is 1. The molecule has 0 saturated carbocycles. The van der Waals surface area contributed by atoms with Crippen LogP contribution in [-0.4, -0.2) is 35.0 Å². The second-order valence-corrected chi connectivity index (χ2v) is 4.19. The molecule has 0 aromatic carbocycles. The molecule has 4 nitrogen and oxygen atoms in total. The third-order valence-corrected chi connectivity index (χ3v) is 2.55. The molecule has 1 fully saturated rings. The van der Waals surface area contributed by atoms with Gasteiger partial charge in [-0.1, -0.05) is 13.8 Å². The summed E-state index contributed by atoms with van der Waals surface area (Å²) in [5, 5.41) is 8.60. The molecular weight excluding hydrogens is 182 g/mol. The topological polar surface area (TPSA) is 57.6 Å². The fraction of sp³-hybridized carbons (Fsp3) is 0.800. The van der Waals surface area contributed by atoms with Crippen LogP contribution in [0.3, 0.4) is 0 Å². The summed E-state index contributed by atoms with van der Waals surface area (Å²) >= 11 is 0. The minimum Gasteiger partial charge on any atom is -0.481 e. The Morgan fingerprint density at radius 3 is 2.64 bits per heavy atom. The van der Waals surface area contributed by atoms with Gasteiger partial charge < -0.3 is 10.0 Å². The van der Waals surface area contributed by atoms with E-state index in [1.54, 1.807) is 4.90 Å². The highest BCUT2D eigenvalue weighted by Gasteiger charge is 2.28. The molecule has 0 aliphatic carbocycles. The summed E-state index contributed by atoms with van der Waals surface area (Å²) in [5.74, 6) is -0.472. The van der Waals surface area contributed by atoms with Crippen LogP contribution in [0.15, 0.2) is 0 Å². The largest absolute Gasteiger partial charge is 0.481 e. The molecule has 14 heavy (non-hydrogen) atoms. The highest BCUT2D eigenvalue weighted by molar-refractivity contribution is 5.78. The molecule has 1 N–H and O–H groups in total. The Labute approximate surface area is 83.9 Å². The Kier molecular flexibility index (Phi) is 3.49. The second kappa shape index (κ2) is 4.44. The summed E-state index contributed by atoms with van der Waals surface area (Å²) in [6.07, 6.45) is 1.01. The van der Waals surface area contributed by atoms with Crippen LogP contribution in [0.4, 0.5) is 0 Å². The lowest BCUT2D eigenvalue weighted by molar-refractivity contribution is -0.138. The van der Waals surface area contributed by atoms with Crippen LogP contribution in [0.25, 0.3) is 0 Å².